The summed E-state index contributed by atoms with van der Waals surface area (Å²) < 4.78 is 5.80. The van der Waals surface area contributed by atoms with E-state index in [2.05, 4.69) is 28.5 Å². The van der Waals surface area contributed by atoms with Crippen molar-refractivity contribution in [3.63, 3.8) is 0 Å². The molecular formula is C23H29N3O2S. The molecule has 1 amide bonds. The molecule has 0 spiro atoms. The average molecular weight is 412 g/mol. The smallest absolute Gasteiger partial charge is 0.257 e. The van der Waals surface area contributed by atoms with Gasteiger partial charge in [-0.15, -0.1) is 0 Å². The number of ether oxygens (including phenoxy) is 1. The molecule has 0 bridgehead atoms. The van der Waals surface area contributed by atoms with Crippen molar-refractivity contribution >= 4 is 34.6 Å². The van der Waals surface area contributed by atoms with Gasteiger partial charge in [0.1, 0.15) is 5.75 Å². The third kappa shape index (κ3) is 5.94. The van der Waals surface area contributed by atoms with Gasteiger partial charge in [-0.1, -0.05) is 25.1 Å². The second-order valence-electron chi connectivity index (χ2n) is 7.34. The van der Waals surface area contributed by atoms with Gasteiger partial charge in [0.2, 0.25) is 0 Å². The molecule has 1 aliphatic rings. The van der Waals surface area contributed by atoms with Crippen LogP contribution >= 0.6 is 12.2 Å². The minimum Gasteiger partial charge on any atom is -0.491 e. The highest BCUT2D eigenvalue weighted by molar-refractivity contribution is 7.80. The van der Waals surface area contributed by atoms with Gasteiger partial charge in [0.05, 0.1) is 17.5 Å². The Balaban J connectivity index is 1.64. The summed E-state index contributed by atoms with van der Waals surface area (Å²) in [6, 6.07) is 15.2. The highest BCUT2D eigenvalue weighted by Gasteiger charge is 2.16. The van der Waals surface area contributed by atoms with Crippen molar-refractivity contribution in [1.29, 1.82) is 0 Å². The van der Waals surface area contributed by atoms with Crippen LogP contribution in [0.2, 0.25) is 0 Å². The number of nitrogens with one attached hydrogen (secondary N) is 2. The molecular weight excluding hydrogens is 382 g/mol. The van der Waals surface area contributed by atoms with Crippen molar-refractivity contribution in [3.05, 3.63) is 54.1 Å². The van der Waals surface area contributed by atoms with Gasteiger partial charge in [-0.25, -0.2) is 0 Å². The molecule has 1 heterocycles. The number of hydrogen-bond donors (Lipinski definition) is 2. The Kier molecular flexibility index (Phi) is 7.47. The number of piperidine rings is 1. The van der Waals surface area contributed by atoms with Crippen LogP contribution in [0.25, 0.3) is 0 Å². The first-order valence-electron chi connectivity index (χ1n) is 10.3. The minimum atomic E-state index is -0.257. The highest BCUT2D eigenvalue weighted by Crippen LogP contribution is 2.28. The monoisotopic (exact) mass is 411 g/mol. The van der Waals surface area contributed by atoms with Crippen LogP contribution in [0, 0.1) is 0 Å². The fourth-order valence-corrected chi connectivity index (χ4v) is 3.55. The maximum atomic E-state index is 12.6. The molecule has 1 atom stereocenters. The molecule has 154 valence electrons. The molecule has 0 unspecified atom stereocenters. The van der Waals surface area contributed by atoms with Gasteiger partial charge in [0, 0.05) is 18.7 Å². The van der Waals surface area contributed by atoms with Crippen molar-refractivity contribution in [3.8, 4) is 5.75 Å². The second kappa shape index (κ2) is 10.3. The second-order valence-corrected chi connectivity index (χ2v) is 7.75. The van der Waals surface area contributed by atoms with Crippen molar-refractivity contribution in [2.45, 2.75) is 45.6 Å². The predicted molar refractivity (Wildman–Crippen MR) is 123 cm³/mol. The zero-order chi connectivity index (χ0) is 20.6. The third-order valence-corrected chi connectivity index (χ3v) is 5.29. The van der Waals surface area contributed by atoms with Crippen LogP contribution in [0.3, 0.4) is 0 Å². The SMILES string of the molecule is CC[C@H](C)Oc1cccc(C(=O)NC(=S)Nc2ccccc2N2CCCCC2)c1. The molecule has 0 radical (unpaired) electrons. The standard InChI is InChI=1S/C23H29N3O2S/c1-3-17(2)28-19-11-9-10-18(16-19)22(27)25-23(29)24-20-12-5-6-13-21(20)26-14-7-4-8-15-26/h5-6,9-13,16-17H,3-4,7-8,14-15H2,1-2H3,(H2,24,25,27,29)/t17-/m0/s1. The summed E-state index contributed by atoms with van der Waals surface area (Å²) in [5.41, 5.74) is 2.54. The van der Waals surface area contributed by atoms with E-state index in [4.69, 9.17) is 17.0 Å². The first-order valence-corrected chi connectivity index (χ1v) is 10.7. The van der Waals surface area contributed by atoms with Gasteiger partial charge >= 0.3 is 0 Å². The van der Waals surface area contributed by atoms with Gasteiger partial charge in [0.25, 0.3) is 5.91 Å². The molecule has 1 aliphatic heterocycles. The van der Waals surface area contributed by atoms with Crippen LogP contribution < -0.4 is 20.3 Å². The van der Waals surface area contributed by atoms with Crippen LogP contribution in [0.5, 0.6) is 5.75 Å². The van der Waals surface area contributed by atoms with Crippen LogP contribution in [0.4, 0.5) is 11.4 Å². The molecule has 6 heteroatoms. The van der Waals surface area contributed by atoms with Crippen molar-refractivity contribution in [2.24, 2.45) is 0 Å². The lowest BCUT2D eigenvalue weighted by Crippen LogP contribution is -2.35. The van der Waals surface area contributed by atoms with Crippen molar-refractivity contribution in [2.75, 3.05) is 23.3 Å². The number of hydrogen-bond acceptors (Lipinski definition) is 4. The Hall–Kier alpha value is -2.60. The number of para-hydroxylation sites is 2. The molecule has 1 saturated heterocycles. The zero-order valence-corrected chi connectivity index (χ0v) is 17.9. The van der Waals surface area contributed by atoms with E-state index < -0.39 is 0 Å². The van der Waals surface area contributed by atoms with E-state index in [0.717, 1.165) is 30.9 Å². The van der Waals surface area contributed by atoms with Gasteiger partial charge in [-0.2, -0.15) is 0 Å². The van der Waals surface area contributed by atoms with Crippen LogP contribution in [-0.4, -0.2) is 30.2 Å². The fourth-order valence-electron chi connectivity index (χ4n) is 3.35. The zero-order valence-electron chi connectivity index (χ0n) is 17.1. The van der Waals surface area contributed by atoms with E-state index in [-0.39, 0.29) is 17.1 Å². The van der Waals surface area contributed by atoms with E-state index in [1.165, 1.54) is 19.3 Å². The molecule has 0 aliphatic carbocycles. The van der Waals surface area contributed by atoms with E-state index in [1.54, 1.807) is 12.1 Å². The summed E-state index contributed by atoms with van der Waals surface area (Å²) in [5.74, 6) is 0.425. The number of nitrogens with zero attached hydrogens (tertiary/aromatic N) is 1. The lowest BCUT2D eigenvalue weighted by Gasteiger charge is -2.30. The largest absolute Gasteiger partial charge is 0.491 e. The van der Waals surface area contributed by atoms with Crippen molar-refractivity contribution < 1.29 is 9.53 Å². The first kappa shape index (κ1) is 21.1. The topological polar surface area (TPSA) is 53.6 Å². The quantitative estimate of drug-likeness (QED) is 0.657. The van der Waals surface area contributed by atoms with E-state index >= 15 is 0 Å². The first-order chi connectivity index (χ1) is 14.1. The van der Waals surface area contributed by atoms with E-state index in [0.29, 0.717) is 11.3 Å². The van der Waals surface area contributed by atoms with Crippen LogP contribution in [0.1, 0.15) is 49.9 Å². The summed E-state index contributed by atoms with van der Waals surface area (Å²) in [7, 11) is 0. The summed E-state index contributed by atoms with van der Waals surface area (Å²) >= 11 is 5.40. The highest BCUT2D eigenvalue weighted by atomic mass is 32.1. The normalized spacial score (nSPS) is 14.8. The van der Waals surface area contributed by atoms with Crippen LogP contribution in [-0.2, 0) is 0 Å². The Bertz CT molecular complexity index is 850. The maximum Gasteiger partial charge on any atom is 0.257 e. The molecule has 0 saturated carbocycles. The Labute approximate surface area is 178 Å². The van der Waals surface area contributed by atoms with E-state index in [9.17, 15) is 4.79 Å². The molecule has 5 nitrogen and oxygen atoms in total. The third-order valence-electron chi connectivity index (χ3n) is 5.08. The molecule has 0 aromatic heterocycles. The van der Waals surface area contributed by atoms with Crippen LogP contribution in [0.15, 0.2) is 48.5 Å². The van der Waals surface area contributed by atoms with Gasteiger partial charge in [0.15, 0.2) is 5.11 Å². The number of amides is 1. The number of thiocarbonyl (C=S) groups is 1. The molecule has 3 rings (SSSR count). The number of carbonyl (C=O) groups excluding carboxylic acids is 1. The van der Waals surface area contributed by atoms with E-state index in [1.807, 2.05) is 37.3 Å². The van der Waals surface area contributed by atoms with Crippen molar-refractivity contribution in [1.82, 2.24) is 5.32 Å². The van der Waals surface area contributed by atoms with Gasteiger partial charge in [-0.05, 0) is 75.2 Å². The summed E-state index contributed by atoms with van der Waals surface area (Å²) in [6.45, 7) is 6.15. The lowest BCUT2D eigenvalue weighted by atomic mass is 10.1. The molecule has 2 aromatic rings. The average Bonchev–Trinajstić information content (AvgIpc) is 2.74. The Morgan fingerprint density at radius 3 is 2.66 bits per heavy atom. The van der Waals surface area contributed by atoms with Gasteiger partial charge < -0.3 is 15.0 Å². The minimum absolute atomic E-state index is 0.0994. The number of anilines is 2. The summed E-state index contributed by atoms with van der Waals surface area (Å²) in [6.07, 6.45) is 4.68. The fraction of sp³-hybridized carbons (Fsp3) is 0.391. The molecule has 1 fully saturated rings. The molecule has 29 heavy (non-hydrogen) atoms. The summed E-state index contributed by atoms with van der Waals surface area (Å²) in [5, 5.41) is 6.25. The number of rotatable bonds is 6. The summed E-state index contributed by atoms with van der Waals surface area (Å²) in [4.78, 5) is 15.0. The number of carbonyl (C=O) groups is 1. The number of benzene rings is 2. The lowest BCUT2D eigenvalue weighted by molar-refractivity contribution is 0.0977. The Morgan fingerprint density at radius 1 is 1.14 bits per heavy atom. The van der Waals surface area contributed by atoms with Gasteiger partial charge in [-0.3, -0.25) is 10.1 Å². The molecule has 2 aromatic carbocycles. The predicted octanol–water partition coefficient (Wildman–Crippen LogP) is 4.98. The molecule has 2 N–H and O–H groups in total. The maximum absolute atomic E-state index is 12.6. The Morgan fingerprint density at radius 2 is 1.90 bits per heavy atom.